The number of esters is 1. The van der Waals surface area contributed by atoms with Crippen molar-refractivity contribution in [2.75, 3.05) is 0 Å². The van der Waals surface area contributed by atoms with E-state index in [-0.39, 0.29) is 22.8 Å². The van der Waals surface area contributed by atoms with E-state index in [1.807, 2.05) is 6.07 Å². The summed E-state index contributed by atoms with van der Waals surface area (Å²) in [6.45, 7) is 2.18. The summed E-state index contributed by atoms with van der Waals surface area (Å²) in [6, 6.07) is 6.83. The first-order valence-corrected chi connectivity index (χ1v) is 9.27. The summed E-state index contributed by atoms with van der Waals surface area (Å²) >= 11 is 0.0693. The summed E-state index contributed by atoms with van der Waals surface area (Å²) in [5.74, 6) is -1.72. The number of benzene rings is 1. The molecule has 140 valence electrons. The fourth-order valence-electron chi connectivity index (χ4n) is 3.39. The van der Waals surface area contributed by atoms with Gasteiger partial charge >= 0.3 is 5.97 Å². The van der Waals surface area contributed by atoms with Gasteiger partial charge in [0.1, 0.15) is 5.56 Å². The molecule has 1 aliphatic rings. The molecule has 2 nitrogen and oxygen atoms in total. The fourth-order valence-corrected chi connectivity index (χ4v) is 4.15. The van der Waals surface area contributed by atoms with Crippen LogP contribution in [0.15, 0.2) is 24.3 Å². The number of carbonyl (C=O) groups excluding carboxylic acids is 1. The number of halogens is 4. The molecule has 26 heavy (non-hydrogen) atoms. The molecule has 2 aromatic rings. The number of alkyl halides is 2. The summed E-state index contributed by atoms with van der Waals surface area (Å²) in [6.07, 6.45) is 0.676. The summed E-state index contributed by atoms with van der Waals surface area (Å²) in [7, 11) is 0. The highest BCUT2D eigenvalue weighted by Crippen LogP contribution is 2.41. The molecular weight excluding hydrogens is 368 g/mol. The molecule has 1 saturated carbocycles. The predicted molar refractivity (Wildman–Crippen MR) is 91.0 cm³/mol. The van der Waals surface area contributed by atoms with Crippen LogP contribution in [0.2, 0.25) is 0 Å². The quantitative estimate of drug-likeness (QED) is 0.444. The van der Waals surface area contributed by atoms with Gasteiger partial charge in [-0.05, 0) is 36.3 Å². The number of ether oxygens (including phenoxy) is 1. The molecule has 0 unspecified atom stereocenters. The standard InChI is InChI=1S/C19H18F4O2S/c1-10-6-8-11(9-7-10)12-4-2-3-5-13(12)18(24)25-19-14(16(21)22)15(20)17(23)26-19/h2-5,10-11,16H,6-9H2,1H3/t10-,11-. The first-order valence-electron chi connectivity index (χ1n) is 8.45. The van der Waals surface area contributed by atoms with Gasteiger partial charge in [-0.25, -0.2) is 18.0 Å². The van der Waals surface area contributed by atoms with Crippen molar-refractivity contribution in [1.29, 1.82) is 0 Å². The van der Waals surface area contributed by atoms with Gasteiger partial charge in [0.05, 0.1) is 5.56 Å². The van der Waals surface area contributed by atoms with Gasteiger partial charge in [0.15, 0.2) is 10.9 Å². The van der Waals surface area contributed by atoms with Crippen molar-refractivity contribution < 1.29 is 27.1 Å². The second kappa shape index (κ2) is 7.78. The lowest BCUT2D eigenvalue weighted by Gasteiger charge is -2.27. The topological polar surface area (TPSA) is 26.3 Å². The Balaban J connectivity index is 1.87. The number of carbonyl (C=O) groups is 1. The van der Waals surface area contributed by atoms with E-state index in [4.69, 9.17) is 4.74 Å². The van der Waals surface area contributed by atoms with Crippen LogP contribution in [0.25, 0.3) is 0 Å². The molecule has 1 heterocycles. The Bertz CT molecular complexity index is 795. The van der Waals surface area contributed by atoms with Crippen molar-refractivity contribution in [3.8, 4) is 5.06 Å². The van der Waals surface area contributed by atoms with Crippen molar-refractivity contribution in [3.05, 3.63) is 51.9 Å². The van der Waals surface area contributed by atoms with Gasteiger partial charge in [-0.2, -0.15) is 4.39 Å². The van der Waals surface area contributed by atoms with Crippen LogP contribution < -0.4 is 4.74 Å². The normalized spacial score (nSPS) is 20.4. The van der Waals surface area contributed by atoms with Crippen LogP contribution in [-0.4, -0.2) is 5.97 Å². The van der Waals surface area contributed by atoms with E-state index in [0.29, 0.717) is 5.92 Å². The summed E-state index contributed by atoms with van der Waals surface area (Å²) in [5, 5.41) is -2.15. The highest BCUT2D eigenvalue weighted by atomic mass is 32.1. The number of hydrogen-bond acceptors (Lipinski definition) is 3. The Labute approximate surface area is 152 Å². The number of rotatable bonds is 4. The van der Waals surface area contributed by atoms with E-state index in [9.17, 15) is 22.4 Å². The Kier molecular flexibility index (Phi) is 5.65. The minimum atomic E-state index is -3.27. The molecule has 1 aliphatic carbocycles. The Morgan fingerprint density at radius 3 is 2.46 bits per heavy atom. The van der Waals surface area contributed by atoms with Gasteiger partial charge in [0.2, 0.25) is 5.13 Å². The first-order chi connectivity index (χ1) is 12.4. The molecule has 1 fully saturated rings. The third kappa shape index (κ3) is 3.77. The number of thiophene rings is 1. The van der Waals surface area contributed by atoms with E-state index in [1.165, 1.54) is 0 Å². The fraction of sp³-hybridized carbons (Fsp3) is 0.421. The van der Waals surface area contributed by atoms with Crippen LogP contribution in [-0.2, 0) is 0 Å². The predicted octanol–water partition coefficient (Wildman–Crippen LogP) is 6.48. The Morgan fingerprint density at radius 1 is 1.15 bits per heavy atom. The molecule has 0 N–H and O–H groups in total. The lowest BCUT2D eigenvalue weighted by atomic mass is 9.78. The maximum absolute atomic E-state index is 13.5. The largest absolute Gasteiger partial charge is 0.411 e. The minimum absolute atomic E-state index is 0.0693. The second-order valence-corrected chi connectivity index (χ2v) is 7.56. The smallest absolute Gasteiger partial charge is 0.344 e. The van der Waals surface area contributed by atoms with Gasteiger partial charge in [-0.1, -0.05) is 49.3 Å². The van der Waals surface area contributed by atoms with E-state index >= 15 is 0 Å². The van der Waals surface area contributed by atoms with E-state index in [1.54, 1.807) is 18.2 Å². The van der Waals surface area contributed by atoms with Gasteiger partial charge in [-0.15, -0.1) is 0 Å². The SMILES string of the molecule is C[C@H]1CC[C@H](c2ccccc2C(=O)Oc2sc(F)c(F)c2C(F)F)CC1. The van der Waals surface area contributed by atoms with Gasteiger partial charge in [-0.3, -0.25) is 0 Å². The van der Waals surface area contributed by atoms with Crippen molar-refractivity contribution in [2.45, 2.75) is 45.0 Å². The Morgan fingerprint density at radius 2 is 1.81 bits per heavy atom. The van der Waals surface area contributed by atoms with Crippen LogP contribution in [0.1, 0.15) is 66.4 Å². The molecule has 0 atom stereocenters. The zero-order valence-electron chi connectivity index (χ0n) is 14.1. The van der Waals surface area contributed by atoms with Gasteiger partial charge in [0, 0.05) is 0 Å². The summed E-state index contributed by atoms with van der Waals surface area (Å²) in [4.78, 5) is 12.5. The third-order valence-electron chi connectivity index (χ3n) is 4.85. The van der Waals surface area contributed by atoms with E-state index in [0.717, 1.165) is 31.2 Å². The van der Waals surface area contributed by atoms with Crippen molar-refractivity contribution in [2.24, 2.45) is 5.92 Å². The zero-order valence-corrected chi connectivity index (χ0v) is 14.9. The maximum Gasteiger partial charge on any atom is 0.344 e. The summed E-state index contributed by atoms with van der Waals surface area (Å²) < 4.78 is 57.7. The monoisotopic (exact) mass is 386 g/mol. The molecule has 7 heteroatoms. The van der Waals surface area contributed by atoms with E-state index < -0.39 is 34.0 Å². The van der Waals surface area contributed by atoms with Crippen LogP contribution in [0.3, 0.4) is 0 Å². The molecule has 1 aromatic heterocycles. The molecule has 0 radical (unpaired) electrons. The van der Waals surface area contributed by atoms with Gasteiger partial charge in [0.25, 0.3) is 6.43 Å². The van der Waals surface area contributed by atoms with Crippen LogP contribution in [0, 0.1) is 16.9 Å². The zero-order chi connectivity index (χ0) is 18.8. The molecule has 1 aromatic carbocycles. The van der Waals surface area contributed by atoms with Crippen LogP contribution >= 0.6 is 11.3 Å². The average Bonchev–Trinajstić information content (AvgIpc) is 2.89. The second-order valence-electron chi connectivity index (χ2n) is 6.63. The van der Waals surface area contributed by atoms with E-state index in [2.05, 4.69) is 6.92 Å². The van der Waals surface area contributed by atoms with Gasteiger partial charge < -0.3 is 4.74 Å². The van der Waals surface area contributed by atoms with Crippen molar-refractivity contribution >= 4 is 17.3 Å². The Hall–Kier alpha value is -1.89. The molecular formula is C19H18F4O2S. The van der Waals surface area contributed by atoms with Crippen LogP contribution in [0.5, 0.6) is 5.06 Å². The molecule has 0 aliphatic heterocycles. The lowest BCUT2D eigenvalue weighted by Crippen LogP contribution is -2.17. The molecule has 0 bridgehead atoms. The molecule has 0 amide bonds. The van der Waals surface area contributed by atoms with Crippen molar-refractivity contribution in [3.63, 3.8) is 0 Å². The van der Waals surface area contributed by atoms with Crippen molar-refractivity contribution in [1.82, 2.24) is 0 Å². The molecule has 3 rings (SSSR count). The molecule has 0 saturated heterocycles. The highest BCUT2D eigenvalue weighted by Gasteiger charge is 2.30. The lowest BCUT2D eigenvalue weighted by molar-refractivity contribution is 0.0726. The average molecular weight is 386 g/mol. The third-order valence-corrected chi connectivity index (χ3v) is 5.70. The molecule has 0 spiro atoms. The maximum atomic E-state index is 13.5. The van der Waals surface area contributed by atoms with Crippen LogP contribution in [0.4, 0.5) is 17.6 Å². The first kappa shape index (κ1) is 18.9. The minimum Gasteiger partial charge on any atom is -0.411 e. The summed E-state index contributed by atoms with van der Waals surface area (Å²) in [5.41, 5.74) is -0.160. The number of hydrogen-bond donors (Lipinski definition) is 0. The highest BCUT2D eigenvalue weighted by molar-refractivity contribution is 7.12.